The summed E-state index contributed by atoms with van der Waals surface area (Å²) in [5.74, 6) is 1.39. The largest absolute Gasteiger partial charge is 0.496 e. The number of aryl methyl sites for hydroxylation is 2. The molecule has 0 aliphatic rings. The monoisotopic (exact) mass is 615 g/mol. The van der Waals surface area contributed by atoms with E-state index in [4.69, 9.17) is 21.7 Å². The van der Waals surface area contributed by atoms with Crippen molar-refractivity contribution in [1.82, 2.24) is 0 Å². The van der Waals surface area contributed by atoms with Crippen LogP contribution in [0.3, 0.4) is 0 Å². The fourth-order valence-electron chi connectivity index (χ4n) is 4.51. The molecule has 0 aliphatic heterocycles. The maximum Gasteiger partial charge on any atom is 0.188 e. The molecular weight excluding hydrogens is 574 g/mol. The molecule has 2 unspecified atom stereocenters. The lowest BCUT2D eigenvalue weighted by molar-refractivity contribution is 0.0938. The predicted octanol–water partition coefficient (Wildman–Crippen LogP) is 8.62. The van der Waals surface area contributed by atoms with Crippen LogP contribution >= 0.6 is 28.1 Å². The molecule has 5 nitrogen and oxygen atoms in total. The number of methoxy groups -OCH3 is 1. The number of rotatable bonds is 14. The first kappa shape index (κ1) is 32.9. The van der Waals surface area contributed by atoms with Gasteiger partial charge in [0.25, 0.3) is 0 Å². The molecule has 0 saturated heterocycles. The number of ketones is 2. The van der Waals surface area contributed by atoms with E-state index in [9.17, 15) is 9.59 Å². The number of halogens is 1. The number of carbonyl (C=O) groups excluding carboxylic acids is 2. The van der Waals surface area contributed by atoms with Crippen LogP contribution in [0.15, 0.2) is 41.4 Å². The fraction of sp³-hybridized carbons (Fsp3) is 0.531. The Morgan fingerprint density at radius 1 is 0.949 bits per heavy atom. The van der Waals surface area contributed by atoms with Gasteiger partial charge in [-0.1, -0.05) is 74.8 Å². The van der Waals surface area contributed by atoms with Gasteiger partial charge in [-0.05, 0) is 85.8 Å². The number of hydrogen-bond acceptors (Lipinski definition) is 6. The van der Waals surface area contributed by atoms with Crippen molar-refractivity contribution in [3.8, 4) is 11.5 Å². The Morgan fingerprint density at radius 3 is 2.08 bits per heavy atom. The van der Waals surface area contributed by atoms with Crippen molar-refractivity contribution in [2.45, 2.75) is 85.0 Å². The molecule has 2 rings (SSSR count). The Kier molecular flexibility index (Phi) is 12.1. The zero-order valence-electron chi connectivity index (χ0n) is 24.5. The number of benzene rings is 2. The summed E-state index contributed by atoms with van der Waals surface area (Å²) in [4.78, 5) is 30.1. The molecule has 0 heterocycles. The summed E-state index contributed by atoms with van der Waals surface area (Å²) < 4.78 is 11.5. The highest BCUT2D eigenvalue weighted by Gasteiger charge is 2.28. The topological polar surface area (TPSA) is 65.0 Å². The number of isothiocyanates is 1. The first-order valence-electron chi connectivity index (χ1n) is 13.3. The molecule has 0 N–H and O–H groups in total. The van der Waals surface area contributed by atoms with Crippen LogP contribution in [0.1, 0.15) is 92.1 Å². The molecule has 0 aliphatic carbocycles. The van der Waals surface area contributed by atoms with Crippen LogP contribution in [0, 0.1) is 24.7 Å². The SMILES string of the molecule is COc1cc(C(=O)C(Br)CC(C)(C)CCCOc2cc(C(=O)C(CC(C)(C)C)N=C=S)ccc2C)ccc1C. The van der Waals surface area contributed by atoms with Crippen LogP contribution in [-0.2, 0) is 0 Å². The van der Waals surface area contributed by atoms with Crippen molar-refractivity contribution in [1.29, 1.82) is 0 Å². The van der Waals surface area contributed by atoms with Crippen molar-refractivity contribution < 1.29 is 19.1 Å². The molecule has 0 bridgehead atoms. The number of nitrogens with zero attached hydrogens (tertiary/aromatic N) is 1. The molecular formula is C32H42BrNO4S. The lowest BCUT2D eigenvalue weighted by Gasteiger charge is -2.27. The standard InChI is InChI=1S/C32H42BrNO4S/c1-21-10-12-23(16-27(21)37-8)29(35)25(33)18-32(6,7)14-9-15-38-28-17-24(13-11-22(28)2)30(36)26(34-20-39)19-31(3,4)5/h10-13,16-17,25-26H,9,14-15,18-19H2,1-8H3. The molecule has 39 heavy (non-hydrogen) atoms. The lowest BCUT2D eigenvalue weighted by Crippen LogP contribution is -2.25. The van der Waals surface area contributed by atoms with E-state index in [1.165, 1.54) is 0 Å². The number of Topliss-reactive ketones (excluding diaryl/α,β-unsaturated/α-hetero) is 2. The van der Waals surface area contributed by atoms with Crippen molar-refractivity contribution in [2.24, 2.45) is 15.8 Å². The highest BCUT2D eigenvalue weighted by atomic mass is 79.9. The fourth-order valence-corrected chi connectivity index (χ4v) is 5.78. The second-order valence-electron chi connectivity index (χ2n) is 12.2. The zero-order chi connectivity index (χ0) is 29.4. The van der Waals surface area contributed by atoms with E-state index in [2.05, 4.69) is 60.7 Å². The second-order valence-corrected chi connectivity index (χ2v) is 13.5. The summed E-state index contributed by atoms with van der Waals surface area (Å²) in [6, 6.07) is 10.5. The number of thiocarbonyl (C=S) groups is 1. The summed E-state index contributed by atoms with van der Waals surface area (Å²) in [6.07, 6.45) is 2.98. The van der Waals surface area contributed by atoms with Crippen LogP contribution in [0.25, 0.3) is 0 Å². The van der Waals surface area contributed by atoms with Gasteiger partial charge in [0.15, 0.2) is 11.6 Å². The average molecular weight is 617 g/mol. The van der Waals surface area contributed by atoms with Crippen molar-refractivity contribution in [3.63, 3.8) is 0 Å². The smallest absolute Gasteiger partial charge is 0.188 e. The molecule has 2 aromatic carbocycles. The van der Waals surface area contributed by atoms with Gasteiger partial charge in [0, 0.05) is 11.1 Å². The second kappa shape index (κ2) is 14.3. The van der Waals surface area contributed by atoms with Gasteiger partial charge in [0.2, 0.25) is 0 Å². The molecule has 0 saturated carbocycles. The van der Waals surface area contributed by atoms with Gasteiger partial charge in [-0.3, -0.25) is 9.59 Å². The molecule has 0 radical (unpaired) electrons. The number of alkyl halides is 1. The minimum atomic E-state index is -0.556. The molecule has 212 valence electrons. The van der Waals surface area contributed by atoms with Crippen LogP contribution in [0.4, 0.5) is 0 Å². The van der Waals surface area contributed by atoms with Gasteiger partial charge in [0.05, 0.1) is 23.7 Å². The van der Waals surface area contributed by atoms with Gasteiger partial charge in [-0.15, -0.1) is 0 Å². The summed E-state index contributed by atoms with van der Waals surface area (Å²) in [7, 11) is 1.61. The minimum Gasteiger partial charge on any atom is -0.496 e. The van der Waals surface area contributed by atoms with Gasteiger partial charge in [0.1, 0.15) is 17.5 Å². The van der Waals surface area contributed by atoms with Gasteiger partial charge < -0.3 is 9.47 Å². The number of carbonyl (C=O) groups is 2. The predicted molar refractivity (Wildman–Crippen MR) is 166 cm³/mol. The van der Waals surface area contributed by atoms with E-state index in [1.54, 1.807) is 19.2 Å². The van der Waals surface area contributed by atoms with Crippen molar-refractivity contribution in [2.75, 3.05) is 13.7 Å². The third-order valence-corrected chi connectivity index (χ3v) is 7.60. The Balaban J connectivity index is 1.97. The Hall–Kier alpha value is -2.34. The summed E-state index contributed by atoms with van der Waals surface area (Å²) >= 11 is 8.42. The van der Waals surface area contributed by atoms with Crippen LogP contribution in [-0.4, -0.2) is 41.3 Å². The van der Waals surface area contributed by atoms with Crippen LogP contribution in [0.5, 0.6) is 11.5 Å². The quantitative estimate of drug-likeness (QED) is 0.0699. The molecule has 7 heteroatoms. The third-order valence-electron chi connectivity index (χ3n) is 6.75. The van der Waals surface area contributed by atoms with Gasteiger partial charge in [-0.2, -0.15) is 0 Å². The Morgan fingerprint density at radius 2 is 1.51 bits per heavy atom. The van der Waals surface area contributed by atoms with E-state index in [1.807, 2.05) is 38.1 Å². The Labute approximate surface area is 247 Å². The number of aliphatic imine (C=N–C) groups is 1. The molecule has 2 atom stereocenters. The van der Waals surface area contributed by atoms with Crippen LogP contribution < -0.4 is 9.47 Å². The first-order chi connectivity index (χ1) is 18.2. The van der Waals surface area contributed by atoms with Crippen molar-refractivity contribution >= 4 is 44.9 Å². The molecule has 0 amide bonds. The molecule has 0 spiro atoms. The van der Waals surface area contributed by atoms with E-state index < -0.39 is 6.04 Å². The molecule has 2 aromatic rings. The first-order valence-corrected chi connectivity index (χ1v) is 14.7. The maximum absolute atomic E-state index is 13.2. The van der Waals surface area contributed by atoms with E-state index >= 15 is 0 Å². The normalized spacial score (nSPS) is 13.3. The minimum absolute atomic E-state index is 0.0532. The number of ether oxygens (including phenoxy) is 2. The van der Waals surface area contributed by atoms with Gasteiger partial charge in [-0.25, -0.2) is 4.99 Å². The molecule has 0 aromatic heterocycles. The lowest BCUT2D eigenvalue weighted by atomic mass is 9.82. The summed E-state index contributed by atoms with van der Waals surface area (Å²) in [5.41, 5.74) is 3.03. The average Bonchev–Trinajstić information content (AvgIpc) is 2.85. The Bertz CT molecular complexity index is 1210. The maximum atomic E-state index is 13.2. The highest BCUT2D eigenvalue weighted by molar-refractivity contribution is 9.10. The highest BCUT2D eigenvalue weighted by Crippen LogP contribution is 2.33. The summed E-state index contributed by atoms with van der Waals surface area (Å²) in [6.45, 7) is 15.0. The zero-order valence-corrected chi connectivity index (χ0v) is 26.9. The van der Waals surface area contributed by atoms with E-state index in [0.29, 0.717) is 42.1 Å². The van der Waals surface area contributed by atoms with E-state index in [0.717, 1.165) is 24.0 Å². The number of hydrogen-bond donors (Lipinski definition) is 0. The summed E-state index contributed by atoms with van der Waals surface area (Å²) in [5, 5.41) is 2.39. The van der Waals surface area contributed by atoms with Crippen molar-refractivity contribution in [3.05, 3.63) is 58.7 Å². The van der Waals surface area contributed by atoms with Crippen LogP contribution in [0.2, 0.25) is 0 Å². The van der Waals surface area contributed by atoms with Gasteiger partial charge >= 0.3 is 0 Å². The molecule has 0 fully saturated rings. The van der Waals surface area contributed by atoms with E-state index in [-0.39, 0.29) is 27.2 Å². The third kappa shape index (κ3) is 10.3.